The molecule has 0 unspecified atom stereocenters. The molecular formula is C14H20ClN3O3. The van der Waals surface area contributed by atoms with Gasteiger partial charge in [-0.2, -0.15) is 0 Å². The van der Waals surface area contributed by atoms with E-state index >= 15 is 0 Å². The van der Waals surface area contributed by atoms with Crippen molar-refractivity contribution >= 4 is 29.3 Å². The second kappa shape index (κ2) is 8.49. The standard InChI is InChI=1S/C14H20ClN3O3/c1-3-18(4-2)8-7-16-14(21)17-12-6-5-10(13(19)20)9-11(12)15/h5-6,9H,3-4,7-8H2,1-2H3,(H,19,20)(H2,16,17,21). The van der Waals surface area contributed by atoms with Crippen LogP contribution in [0.4, 0.5) is 10.5 Å². The summed E-state index contributed by atoms with van der Waals surface area (Å²) in [6.07, 6.45) is 0. The molecule has 1 aromatic rings. The number of carboxylic acid groups (broad SMARTS) is 1. The monoisotopic (exact) mass is 313 g/mol. The highest BCUT2D eigenvalue weighted by Gasteiger charge is 2.09. The first kappa shape index (κ1) is 17.3. The number of carbonyl (C=O) groups excluding carboxylic acids is 1. The van der Waals surface area contributed by atoms with Crippen LogP contribution in [0.25, 0.3) is 0 Å². The van der Waals surface area contributed by atoms with Gasteiger partial charge in [0, 0.05) is 13.1 Å². The minimum absolute atomic E-state index is 0.0764. The molecule has 3 N–H and O–H groups in total. The largest absolute Gasteiger partial charge is 0.478 e. The normalized spacial score (nSPS) is 10.5. The second-order valence-electron chi connectivity index (χ2n) is 4.41. The Morgan fingerprint density at radius 1 is 1.29 bits per heavy atom. The van der Waals surface area contributed by atoms with Crippen molar-refractivity contribution in [3.05, 3.63) is 28.8 Å². The van der Waals surface area contributed by atoms with Crippen LogP contribution in [0.5, 0.6) is 0 Å². The third-order valence-corrected chi connectivity index (χ3v) is 3.38. The molecule has 0 heterocycles. The minimum atomic E-state index is -1.06. The van der Waals surface area contributed by atoms with Crippen molar-refractivity contribution in [3.63, 3.8) is 0 Å². The number of nitrogens with zero attached hydrogens (tertiary/aromatic N) is 1. The number of carbonyl (C=O) groups is 2. The number of nitrogens with one attached hydrogen (secondary N) is 2. The fourth-order valence-electron chi connectivity index (χ4n) is 1.78. The van der Waals surface area contributed by atoms with Crippen molar-refractivity contribution in [3.8, 4) is 0 Å². The Morgan fingerprint density at radius 3 is 2.48 bits per heavy atom. The quantitative estimate of drug-likeness (QED) is 0.722. The number of hydrogen-bond acceptors (Lipinski definition) is 3. The molecule has 2 amide bonds. The van der Waals surface area contributed by atoms with Gasteiger partial charge in [0.15, 0.2) is 0 Å². The molecule has 0 atom stereocenters. The Morgan fingerprint density at radius 2 is 1.95 bits per heavy atom. The molecule has 0 aliphatic rings. The fourth-order valence-corrected chi connectivity index (χ4v) is 2.01. The highest BCUT2D eigenvalue weighted by atomic mass is 35.5. The van der Waals surface area contributed by atoms with E-state index in [-0.39, 0.29) is 16.6 Å². The molecule has 0 radical (unpaired) electrons. The van der Waals surface area contributed by atoms with Crippen molar-refractivity contribution in [2.45, 2.75) is 13.8 Å². The first-order valence-electron chi connectivity index (χ1n) is 6.78. The molecule has 0 bridgehead atoms. The molecule has 0 saturated heterocycles. The zero-order valence-corrected chi connectivity index (χ0v) is 12.9. The Hall–Kier alpha value is -1.79. The number of anilines is 1. The van der Waals surface area contributed by atoms with Gasteiger partial charge >= 0.3 is 12.0 Å². The number of benzene rings is 1. The molecule has 6 nitrogen and oxygen atoms in total. The van der Waals surface area contributed by atoms with Crippen LogP contribution in [0.2, 0.25) is 5.02 Å². The van der Waals surface area contributed by atoms with Gasteiger partial charge in [-0.3, -0.25) is 0 Å². The summed E-state index contributed by atoms with van der Waals surface area (Å²) in [6.45, 7) is 7.29. The predicted molar refractivity (Wildman–Crippen MR) is 83.2 cm³/mol. The number of urea groups is 1. The molecule has 0 saturated carbocycles. The number of carboxylic acids is 1. The van der Waals surface area contributed by atoms with E-state index in [4.69, 9.17) is 16.7 Å². The first-order valence-corrected chi connectivity index (χ1v) is 7.15. The third-order valence-electron chi connectivity index (χ3n) is 3.07. The van der Waals surface area contributed by atoms with Gasteiger partial charge in [-0.25, -0.2) is 9.59 Å². The molecular weight excluding hydrogens is 294 g/mol. The Labute approximate surface area is 129 Å². The molecule has 21 heavy (non-hydrogen) atoms. The molecule has 0 aliphatic carbocycles. The molecule has 116 valence electrons. The maximum Gasteiger partial charge on any atom is 0.335 e. The zero-order chi connectivity index (χ0) is 15.8. The fraction of sp³-hybridized carbons (Fsp3) is 0.429. The van der Waals surface area contributed by atoms with Gasteiger partial charge < -0.3 is 20.6 Å². The van der Waals surface area contributed by atoms with Crippen LogP contribution in [0.1, 0.15) is 24.2 Å². The topological polar surface area (TPSA) is 81.7 Å². The van der Waals surface area contributed by atoms with E-state index in [1.54, 1.807) is 0 Å². The van der Waals surface area contributed by atoms with Crippen molar-refractivity contribution in [1.29, 1.82) is 0 Å². The SMILES string of the molecule is CCN(CC)CCNC(=O)Nc1ccc(C(=O)O)cc1Cl. The number of aromatic carboxylic acids is 1. The average molecular weight is 314 g/mol. The zero-order valence-electron chi connectivity index (χ0n) is 12.1. The number of hydrogen-bond donors (Lipinski definition) is 3. The van der Waals surface area contributed by atoms with Gasteiger partial charge in [0.1, 0.15) is 0 Å². The van der Waals surface area contributed by atoms with Crippen LogP contribution < -0.4 is 10.6 Å². The maximum atomic E-state index is 11.7. The van der Waals surface area contributed by atoms with Gasteiger partial charge in [0.2, 0.25) is 0 Å². The van der Waals surface area contributed by atoms with Crippen LogP contribution in [0.3, 0.4) is 0 Å². The first-order chi connectivity index (χ1) is 9.97. The smallest absolute Gasteiger partial charge is 0.335 e. The van der Waals surface area contributed by atoms with E-state index in [9.17, 15) is 9.59 Å². The molecule has 0 spiro atoms. The van der Waals surface area contributed by atoms with E-state index in [0.717, 1.165) is 19.6 Å². The summed E-state index contributed by atoms with van der Waals surface area (Å²) in [5.74, 6) is -1.06. The third kappa shape index (κ3) is 5.61. The van der Waals surface area contributed by atoms with Gasteiger partial charge in [-0.05, 0) is 31.3 Å². The lowest BCUT2D eigenvalue weighted by Crippen LogP contribution is -2.36. The van der Waals surface area contributed by atoms with Crippen molar-refractivity contribution in [2.24, 2.45) is 0 Å². The molecule has 0 fully saturated rings. The summed E-state index contributed by atoms with van der Waals surface area (Å²) in [6, 6.07) is 3.79. The van der Waals surface area contributed by atoms with Crippen LogP contribution in [0, 0.1) is 0 Å². The minimum Gasteiger partial charge on any atom is -0.478 e. The summed E-state index contributed by atoms with van der Waals surface area (Å²) in [5, 5.41) is 14.3. The van der Waals surface area contributed by atoms with E-state index < -0.39 is 5.97 Å². The molecule has 0 aromatic heterocycles. The summed E-state index contributed by atoms with van der Waals surface area (Å²) in [7, 11) is 0. The molecule has 1 rings (SSSR count). The van der Waals surface area contributed by atoms with Crippen LogP contribution in [-0.2, 0) is 0 Å². The van der Waals surface area contributed by atoms with Gasteiger partial charge in [-0.1, -0.05) is 25.4 Å². The Balaban J connectivity index is 2.50. The van der Waals surface area contributed by atoms with Crippen LogP contribution in [-0.4, -0.2) is 48.2 Å². The lowest BCUT2D eigenvalue weighted by Gasteiger charge is -2.18. The highest BCUT2D eigenvalue weighted by Crippen LogP contribution is 2.22. The number of amides is 2. The van der Waals surface area contributed by atoms with Gasteiger partial charge in [0.25, 0.3) is 0 Å². The number of halogens is 1. The predicted octanol–water partition coefficient (Wildman–Crippen LogP) is 2.50. The Bertz CT molecular complexity index is 504. The Kier molecular flexibility index (Phi) is 6.98. The van der Waals surface area contributed by atoms with E-state index in [1.807, 2.05) is 0 Å². The highest BCUT2D eigenvalue weighted by molar-refractivity contribution is 6.34. The van der Waals surface area contributed by atoms with Crippen molar-refractivity contribution < 1.29 is 14.7 Å². The maximum absolute atomic E-state index is 11.7. The van der Waals surface area contributed by atoms with Crippen LogP contribution >= 0.6 is 11.6 Å². The van der Waals surface area contributed by atoms with E-state index in [2.05, 4.69) is 29.4 Å². The number of likely N-dealkylation sites (N-methyl/N-ethyl adjacent to an activating group) is 1. The lowest BCUT2D eigenvalue weighted by molar-refractivity contribution is 0.0697. The van der Waals surface area contributed by atoms with E-state index in [0.29, 0.717) is 12.2 Å². The second-order valence-corrected chi connectivity index (χ2v) is 4.81. The van der Waals surface area contributed by atoms with Gasteiger partial charge in [-0.15, -0.1) is 0 Å². The summed E-state index contributed by atoms with van der Waals surface area (Å²) >= 11 is 5.93. The molecule has 1 aromatic carbocycles. The lowest BCUT2D eigenvalue weighted by atomic mass is 10.2. The molecule has 0 aliphatic heterocycles. The van der Waals surface area contributed by atoms with Crippen LogP contribution in [0.15, 0.2) is 18.2 Å². The summed E-state index contributed by atoms with van der Waals surface area (Å²) in [4.78, 5) is 24.7. The van der Waals surface area contributed by atoms with E-state index in [1.165, 1.54) is 18.2 Å². The van der Waals surface area contributed by atoms with Crippen molar-refractivity contribution in [1.82, 2.24) is 10.2 Å². The summed E-state index contributed by atoms with van der Waals surface area (Å²) in [5.41, 5.74) is 0.453. The van der Waals surface area contributed by atoms with Crippen molar-refractivity contribution in [2.75, 3.05) is 31.5 Å². The summed E-state index contributed by atoms with van der Waals surface area (Å²) < 4.78 is 0. The number of rotatable bonds is 7. The molecule has 7 heteroatoms. The average Bonchev–Trinajstić information content (AvgIpc) is 2.45. The van der Waals surface area contributed by atoms with Gasteiger partial charge in [0.05, 0.1) is 16.3 Å².